The Morgan fingerprint density at radius 1 is 0.650 bits per heavy atom. The van der Waals surface area contributed by atoms with Crippen molar-refractivity contribution in [2.45, 2.75) is 122 Å². The van der Waals surface area contributed by atoms with E-state index >= 15 is 0 Å². The number of carbonyl (C=O) groups is 1. The van der Waals surface area contributed by atoms with Crippen molar-refractivity contribution in [3.63, 3.8) is 0 Å². The van der Waals surface area contributed by atoms with Gasteiger partial charge in [-0.2, -0.15) is 0 Å². The van der Waals surface area contributed by atoms with Gasteiger partial charge in [0, 0.05) is 17.2 Å². The van der Waals surface area contributed by atoms with Crippen molar-refractivity contribution >= 4 is 5.78 Å². The average Bonchev–Trinajstić information content (AvgIpc) is 2.92. The third-order valence-corrected chi connectivity index (χ3v) is 7.96. The molecule has 40 heavy (non-hydrogen) atoms. The van der Waals surface area contributed by atoms with E-state index in [0.717, 1.165) is 25.3 Å². The number of ether oxygens (including phenoxy) is 1. The lowest BCUT2D eigenvalue weighted by Gasteiger charge is -2.36. The van der Waals surface area contributed by atoms with Crippen LogP contribution < -0.4 is 0 Å². The molecule has 2 aromatic rings. The van der Waals surface area contributed by atoms with Gasteiger partial charge in [0.15, 0.2) is 0 Å². The number of hydrogen-bond donors (Lipinski definition) is 5. The number of aliphatic hydroxyl groups excluding tert-OH is 1. The molecular weight excluding hydrogens is 508 g/mol. The summed E-state index contributed by atoms with van der Waals surface area (Å²) >= 11 is 0. The summed E-state index contributed by atoms with van der Waals surface area (Å²) in [6.07, 6.45) is 19.8. The normalized spacial score (nSPS) is 16.2. The summed E-state index contributed by atoms with van der Waals surface area (Å²) in [6, 6.07) is 4.85. The molecule has 222 valence electrons. The van der Waals surface area contributed by atoms with E-state index in [1.807, 2.05) is 0 Å². The number of benzene rings is 2. The smallest absolute Gasteiger partial charge is 0.221 e. The number of hydrogen-bond acceptors (Lipinski definition) is 7. The Morgan fingerprint density at radius 3 is 1.60 bits per heavy atom. The maximum Gasteiger partial charge on any atom is 0.221 e. The van der Waals surface area contributed by atoms with E-state index in [1.165, 1.54) is 95.2 Å². The lowest BCUT2D eigenvalue weighted by atomic mass is 9.78. The average molecular weight is 557 g/mol. The summed E-state index contributed by atoms with van der Waals surface area (Å²) in [5.74, 6) is -4.15. The standard InChI is InChI=1S/C33H48O7/c1-2-3-4-5-6-7-8-9-10-11-12-13-14-15-16-17-18-40-33(39)26-19-24(23-34)20-28(36)30(26)32(38)31-27(33)21-25(35)22-29(31)37/h19-22,34-37,39H,2-18,23H2,1H3/t33-/m1/s1. The van der Waals surface area contributed by atoms with Gasteiger partial charge in [-0.05, 0) is 30.2 Å². The third-order valence-electron chi connectivity index (χ3n) is 7.96. The zero-order valence-electron chi connectivity index (χ0n) is 24.1. The Bertz CT molecular complexity index is 1100. The topological polar surface area (TPSA) is 127 Å². The van der Waals surface area contributed by atoms with E-state index < -0.39 is 29.7 Å². The van der Waals surface area contributed by atoms with Gasteiger partial charge in [-0.25, -0.2) is 0 Å². The highest BCUT2D eigenvalue weighted by Crippen LogP contribution is 2.48. The van der Waals surface area contributed by atoms with E-state index in [1.54, 1.807) is 0 Å². The predicted molar refractivity (Wildman–Crippen MR) is 156 cm³/mol. The van der Waals surface area contributed by atoms with Gasteiger partial charge in [0.05, 0.1) is 24.3 Å². The zero-order valence-corrected chi connectivity index (χ0v) is 24.1. The lowest BCUT2D eigenvalue weighted by Crippen LogP contribution is -2.38. The van der Waals surface area contributed by atoms with Crippen molar-refractivity contribution < 1.29 is 35.1 Å². The van der Waals surface area contributed by atoms with Gasteiger partial charge in [-0.3, -0.25) is 4.79 Å². The van der Waals surface area contributed by atoms with Crippen molar-refractivity contribution in [1.82, 2.24) is 0 Å². The van der Waals surface area contributed by atoms with Gasteiger partial charge in [-0.15, -0.1) is 0 Å². The van der Waals surface area contributed by atoms with Crippen LogP contribution in [0.3, 0.4) is 0 Å². The maximum absolute atomic E-state index is 13.2. The number of phenols is 3. The molecule has 7 heteroatoms. The predicted octanol–water partition coefficient (Wildman–Crippen LogP) is 7.31. The summed E-state index contributed by atoms with van der Waals surface area (Å²) in [7, 11) is 0. The second kappa shape index (κ2) is 16.0. The Kier molecular flexibility index (Phi) is 12.8. The van der Waals surface area contributed by atoms with E-state index in [-0.39, 0.29) is 34.6 Å². The van der Waals surface area contributed by atoms with Gasteiger partial charge < -0.3 is 30.3 Å². The molecule has 0 radical (unpaired) electrons. The van der Waals surface area contributed by atoms with E-state index in [2.05, 4.69) is 6.92 Å². The fourth-order valence-electron chi connectivity index (χ4n) is 5.70. The number of aliphatic hydroxyl groups is 2. The number of unbranched alkanes of at least 4 members (excludes halogenated alkanes) is 15. The van der Waals surface area contributed by atoms with Crippen molar-refractivity contribution in [2.24, 2.45) is 0 Å². The highest BCUT2D eigenvalue weighted by molar-refractivity contribution is 6.16. The monoisotopic (exact) mass is 556 g/mol. The molecule has 1 aliphatic rings. The van der Waals surface area contributed by atoms with Crippen LogP contribution in [0.2, 0.25) is 0 Å². The summed E-state index contributed by atoms with van der Waals surface area (Å²) in [6.45, 7) is 2.01. The minimum absolute atomic E-state index is 0.0180. The summed E-state index contributed by atoms with van der Waals surface area (Å²) < 4.78 is 5.94. The molecule has 1 aliphatic carbocycles. The first-order valence-electron chi connectivity index (χ1n) is 15.3. The zero-order chi connectivity index (χ0) is 29.0. The molecule has 0 saturated carbocycles. The second-order valence-electron chi connectivity index (χ2n) is 11.2. The fourth-order valence-corrected chi connectivity index (χ4v) is 5.70. The minimum atomic E-state index is -2.19. The summed E-state index contributed by atoms with van der Waals surface area (Å²) in [4.78, 5) is 13.2. The first-order chi connectivity index (χ1) is 19.3. The molecule has 0 amide bonds. The lowest BCUT2D eigenvalue weighted by molar-refractivity contribution is -0.182. The number of phenolic OH excluding ortho intramolecular Hbond substituents is 3. The van der Waals surface area contributed by atoms with Crippen LogP contribution in [0.1, 0.15) is 142 Å². The number of rotatable bonds is 19. The molecule has 0 aliphatic heterocycles. The molecule has 0 unspecified atom stereocenters. The molecule has 7 nitrogen and oxygen atoms in total. The van der Waals surface area contributed by atoms with Gasteiger partial charge in [0.25, 0.3) is 0 Å². The van der Waals surface area contributed by atoms with E-state index in [0.29, 0.717) is 12.0 Å². The second-order valence-corrected chi connectivity index (χ2v) is 11.2. The summed E-state index contributed by atoms with van der Waals surface area (Å²) in [5.41, 5.74) is -0.239. The Morgan fingerprint density at radius 2 is 1.10 bits per heavy atom. The Labute approximate surface area is 238 Å². The first kappa shape index (κ1) is 31.9. The molecule has 0 spiro atoms. The van der Waals surface area contributed by atoms with Crippen molar-refractivity contribution in [3.05, 3.63) is 52.1 Å². The van der Waals surface area contributed by atoms with E-state index in [9.17, 15) is 30.3 Å². The molecule has 0 fully saturated rings. The molecule has 0 bridgehead atoms. The van der Waals surface area contributed by atoms with Crippen LogP contribution in [-0.4, -0.2) is 37.9 Å². The minimum Gasteiger partial charge on any atom is -0.508 e. The molecule has 0 saturated heterocycles. The Balaban J connectivity index is 1.44. The van der Waals surface area contributed by atoms with Crippen molar-refractivity contribution in [3.8, 4) is 17.2 Å². The van der Waals surface area contributed by atoms with Crippen LogP contribution in [0.25, 0.3) is 0 Å². The van der Waals surface area contributed by atoms with Gasteiger partial charge in [0.1, 0.15) is 17.2 Å². The summed E-state index contributed by atoms with van der Waals surface area (Å²) in [5, 5.41) is 52.4. The number of fused-ring (bicyclic) bond motifs is 2. The van der Waals surface area contributed by atoms with Gasteiger partial charge in [-0.1, -0.05) is 103 Å². The van der Waals surface area contributed by atoms with Crippen molar-refractivity contribution in [1.29, 1.82) is 0 Å². The molecule has 1 atom stereocenters. The van der Waals surface area contributed by atoms with Crippen LogP contribution in [0, 0.1) is 0 Å². The highest BCUT2D eigenvalue weighted by Gasteiger charge is 2.46. The Hall–Kier alpha value is -2.61. The van der Waals surface area contributed by atoms with Gasteiger partial charge in [0.2, 0.25) is 11.6 Å². The quantitative estimate of drug-likeness (QED) is 0.0906. The molecule has 2 aromatic carbocycles. The highest BCUT2D eigenvalue weighted by atomic mass is 16.6. The molecule has 3 rings (SSSR count). The van der Waals surface area contributed by atoms with Gasteiger partial charge >= 0.3 is 0 Å². The molecular formula is C33H48O7. The van der Waals surface area contributed by atoms with Crippen LogP contribution in [0.15, 0.2) is 24.3 Å². The van der Waals surface area contributed by atoms with Crippen LogP contribution in [-0.2, 0) is 17.1 Å². The molecule has 5 N–H and O–H groups in total. The SMILES string of the molecule is CCCCCCCCCCCCCCCCCCO[C@@]1(O)c2cc(O)cc(O)c2C(=O)c2c(O)cc(CO)cc21. The number of carbonyl (C=O) groups excluding carboxylic acids is 1. The number of ketones is 1. The number of aromatic hydroxyl groups is 3. The maximum atomic E-state index is 13.2. The first-order valence-corrected chi connectivity index (χ1v) is 15.3. The van der Waals surface area contributed by atoms with Crippen LogP contribution in [0.5, 0.6) is 17.2 Å². The van der Waals surface area contributed by atoms with Crippen molar-refractivity contribution in [2.75, 3.05) is 6.61 Å². The van der Waals surface area contributed by atoms with Crippen LogP contribution >= 0.6 is 0 Å². The van der Waals surface area contributed by atoms with E-state index in [4.69, 9.17) is 4.74 Å². The largest absolute Gasteiger partial charge is 0.508 e. The van der Waals surface area contributed by atoms with Crippen LogP contribution in [0.4, 0.5) is 0 Å². The molecule has 0 heterocycles. The molecule has 0 aromatic heterocycles. The third kappa shape index (κ3) is 8.21. The fraction of sp³-hybridized carbons (Fsp3) is 0.606.